The minimum absolute atomic E-state index is 0.00314. The van der Waals surface area contributed by atoms with Crippen LogP contribution < -0.4 is 16.0 Å². The fourth-order valence-corrected chi connectivity index (χ4v) is 9.05. The van der Waals surface area contributed by atoms with Gasteiger partial charge in [0.25, 0.3) is 0 Å². The zero-order valence-corrected chi connectivity index (χ0v) is 22.8. The SMILES string of the molecule is CCCCNC1[NH2+]C2C(CC3C(C)(CO)C(O)CCC3(C)C2CC(=O)NCCN2CCOCC2)S1. The molecule has 4 fully saturated rings. The molecule has 0 aromatic carbocycles. The van der Waals surface area contributed by atoms with Crippen molar-refractivity contribution in [1.82, 2.24) is 15.5 Å². The highest BCUT2D eigenvalue weighted by atomic mass is 32.2. The number of aliphatic hydroxyl groups excluding tert-OH is 2. The molecule has 0 aromatic rings. The Kier molecular flexibility index (Phi) is 9.44. The van der Waals surface area contributed by atoms with Gasteiger partial charge < -0.3 is 25.6 Å². The Bertz CT molecular complexity index is 711. The van der Waals surface area contributed by atoms with Gasteiger partial charge in [-0.2, -0.15) is 0 Å². The van der Waals surface area contributed by atoms with E-state index in [1.54, 1.807) is 0 Å². The average Bonchev–Trinajstić information content (AvgIpc) is 3.26. The van der Waals surface area contributed by atoms with E-state index in [0.717, 1.165) is 52.2 Å². The Balaban J connectivity index is 1.47. The molecular weight excluding hydrogens is 464 g/mol. The fraction of sp³-hybridized carbons (Fsp3) is 0.962. The number of hydrogen-bond acceptors (Lipinski definition) is 7. The van der Waals surface area contributed by atoms with Crippen molar-refractivity contribution < 1.29 is 25.1 Å². The maximum absolute atomic E-state index is 13.3. The molecule has 35 heavy (non-hydrogen) atoms. The number of fused-ring (bicyclic) bond motifs is 2. The smallest absolute Gasteiger partial charge is 0.220 e. The second kappa shape index (κ2) is 12.0. The Labute approximate surface area is 215 Å². The summed E-state index contributed by atoms with van der Waals surface area (Å²) in [7, 11) is 0. The lowest BCUT2D eigenvalue weighted by molar-refractivity contribution is -0.708. The standard InChI is InChI=1S/C26H48N4O4S/c1-4-5-8-28-24-29-23-18(15-22(33)27-9-10-30-11-13-34-14-12-30)25(2)7-6-21(32)26(3,17-31)20(25)16-19(23)35-24/h18-21,23-24,28-29,31-32H,4-17H2,1-3H3,(H,27,33)/p+1. The van der Waals surface area contributed by atoms with E-state index in [1.807, 2.05) is 11.8 Å². The van der Waals surface area contributed by atoms with E-state index in [2.05, 4.69) is 41.6 Å². The highest BCUT2D eigenvalue weighted by Gasteiger charge is 2.64. The zero-order chi connectivity index (χ0) is 25.1. The number of ether oxygens (including phenoxy) is 1. The van der Waals surface area contributed by atoms with Crippen LogP contribution >= 0.6 is 11.8 Å². The Hall–Kier alpha value is -0.420. The summed E-state index contributed by atoms with van der Waals surface area (Å²) in [5.74, 6) is 0.562. The third kappa shape index (κ3) is 5.86. The molecule has 202 valence electrons. The van der Waals surface area contributed by atoms with E-state index in [9.17, 15) is 15.0 Å². The average molecular weight is 514 g/mol. The van der Waals surface area contributed by atoms with Crippen molar-refractivity contribution in [3.05, 3.63) is 0 Å². The van der Waals surface area contributed by atoms with Gasteiger partial charge in [0.15, 0.2) is 5.50 Å². The van der Waals surface area contributed by atoms with Gasteiger partial charge >= 0.3 is 0 Å². The van der Waals surface area contributed by atoms with Crippen LogP contribution in [0.15, 0.2) is 0 Å². The molecule has 0 spiro atoms. The van der Waals surface area contributed by atoms with Crippen molar-refractivity contribution in [3.8, 4) is 0 Å². The van der Waals surface area contributed by atoms with Crippen LogP contribution in [0.25, 0.3) is 0 Å². The molecule has 4 aliphatic rings. The molecular formula is C26H49N4O4S+. The lowest BCUT2D eigenvalue weighted by atomic mass is 9.46. The van der Waals surface area contributed by atoms with Crippen molar-refractivity contribution in [3.63, 3.8) is 0 Å². The third-order valence-corrected chi connectivity index (χ3v) is 11.2. The van der Waals surface area contributed by atoms with Crippen LogP contribution in [0.2, 0.25) is 0 Å². The molecule has 8 atom stereocenters. The monoisotopic (exact) mass is 513 g/mol. The number of unbranched alkanes of at least 4 members (excludes halogenated alkanes) is 1. The summed E-state index contributed by atoms with van der Waals surface area (Å²) < 4.78 is 5.43. The van der Waals surface area contributed by atoms with Crippen LogP contribution in [-0.2, 0) is 9.53 Å². The Morgan fingerprint density at radius 2 is 2.03 bits per heavy atom. The fourth-order valence-electron chi connectivity index (χ4n) is 7.42. The number of morpholine rings is 1. The number of carbonyl (C=O) groups excluding carboxylic acids is 1. The molecule has 2 aliphatic carbocycles. The van der Waals surface area contributed by atoms with Gasteiger partial charge in [-0.25, -0.2) is 0 Å². The van der Waals surface area contributed by atoms with E-state index in [1.165, 1.54) is 12.8 Å². The van der Waals surface area contributed by atoms with Crippen molar-refractivity contribution in [2.45, 2.75) is 82.2 Å². The van der Waals surface area contributed by atoms with Gasteiger partial charge in [0.2, 0.25) is 5.91 Å². The number of nitrogens with two attached hydrogens (primary N) is 1. The first kappa shape index (κ1) is 27.6. The first-order valence-corrected chi connectivity index (χ1v) is 14.9. The topological polar surface area (TPSA) is 111 Å². The lowest BCUT2D eigenvalue weighted by Crippen LogP contribution is -2.97. The van der Waals surface area contributed by atoms with E-state index < -0.39 is 11.5 Å². The van der Waals surface area contributed by atoms with Gasteiger partial charge in [0.1, 0.15) is 6.04 Å². The van der Waals surface area contributed by atoms with E-state index in [4.69, 9.17) is 4.74 Å². The normalized spacial score (nSPS) is 41.9. The van der Waals surface area contributed by atoms with E-state index in [-0.39, 0.29) is 29.8 Å². The van der Waals surface area contributed by atoms with Crippen LogP contribution in [0, 0.1) is 22.7 Å². The molecule has 2 saturated carbocycles. The van der Waals surface area contributed by atoms with Gasteiger partial charge in [-0.3, -0.25) is 15.0 Å². The predicted molar refractivity (Wildman–Crippen MR) is 139 cm³/mol. The van der Waals surface area contributed by atoms with E-state index in [0.29, 0.717) is 36.2 Å². The lowest BCUT2D eigenvalue weighted by Gasteiger charge is -2.60. The molecule has 0 radical (unpaired) electrons. The van der Waals surface area contributed by atoms with Crippen LogP contribution in [0.4, 0.5) is 0 Å². The van der Waals surface area contributed by atoms with Crippen molar-refractivity contribution in [1.29, 1.82) is 0 Å². The zero-order valence-electron chi connectivity index (χ0n) is 22.0. The molecule has 6 N–H and O–H groups in total. The minimum Gasteiger partial charge on any atom is -0.396 e. The largest absolute Gasteiger partial charge is 0.396 e. The summed E-state index contributed by atoms with van der Waals surface area (Å²) in [5, 5.41) is 31.2. The summed E-state index contributed by atoms with van der Waals surface area (Å²) in [5.41, 5.74) is -0.274. The summed E-state index contributed by atoms with van der Waals surface area (Å²) in [6.45, 7) is 12.6. The van der Waals surface area contributed by atoms with Crippen LogP contribution in [-0.4, -0.2) is 96.5 Å². The first-order chi connectivity index (χ1) is 16.8. The molecule has 1 amide bonds. The number of aliphatic hydroxyl groups is 2. The molecule has 0 bridgehead atoms. The number of nitrogens with zero attached hydrogens (tertiary/aromatic N) is 1. The van der Waals surface area contributed by atoms with Gasteiger partial charge in [-0.05, 0) is 37.0 Å². The van der Waals surface area contributed by atoms with Gasteiger partial charge in [0.05, 0.1) is 31.2 Å². The summed E-state index contributed by atoms with van der Waals surface area (Å²) in [4.78, 5) is 15.6. The van der Waals surface area contributed by atoms with Crippen LogP contribution in [0.5, 0.6) is 0 Å². The summed E-state index contributed by atoms with van der Waals surface area (Å²) in [6.07, 6.45) is 4.99. The van der Waals surface area contributed by atoms with Crippen molar-refractivity contribution in [2.75, 3.05) is 52.5 Å². The molecule has 2 heterocycles. The molecule has 0 aromatic heterocycles. The number of quaternary nitrogens is 1. The number of hydrogen-bond donors (Lipinski definition) is 5. The maximum Gasteiger partial charge on any atom is 0.220 e. The van der Waals surface area contributed by atoms with Crippen molar-refractivity contribution in [2.24, 2.45) is 22.7 Å². The molecule has 8 unspecified atom stereocenters. The summed E-state index contributed by atoms with van der Waals surface area (Å²) >= 11 is 2.00. The summed E-state index contributed by atoms with van der Waals surface area (Å²) in [6, 6.07) is 0.378. The number of carbonyl (C=O) groups is 1. The number of amides is 1. The van der Waals surface area contributed by atoms with Gasteiger partial charge in [0, 0.05) is 50.5 Å². The van der Waals surface area contributed by atoms with Crippen LogP contribution in [0.3, 0.4) is 0 Å². The van der Waals surface area contributed by atoms with Gasteiger partial charge in [-0.15, -0.1) is 0 Å². The Morgan fingerprint density at radius 3 is 2.74 bits per heavy atom. The second-order valence-electron chi connectivity index (χ2n) is 11.8. The van der Waals surface area contributed by atoms with Gasteiger partial charge in [-0.1, -0.05) is 39.0 Å². The number of rotatable bonds is 10. The Morgan fingerprint density at radius 1 is 1.26 bits per heavy atom. The molecule has 2 aliphatic heterocycles. The second-order valence-corrected chi connectivity index (χ2v) is 13.2. The first-order valence-electron chi connectivity index (χ1n) is 13.9. The molecule has 9 heteroatoms. The van der Waals surface area contributed by atoms with Crippen molar-refractivity contribution >= 4 is 17.7 Å². The number of nitrogens with one attached hydrogen (secondary N) is 2. The minimum atomic E-state index is -0.517. The highest BCUT2D eigenvalue weighted by molar-refractivity contribution is 8.00. The third-order valence-electron chi connectivity index (χ3n) is 9.71. The quantitative estimate of drug-likeness (QED) is 0.268. The maximum atomic E-state index is 13.3. The highest BCUT2D eigenvalue weighted by Crippen LogP contribution is 2.62. The molecule has 2 saturated heterocycles. The predicted octanol–water partition coefficient (Wildman–Crippen LogP) is 0.341. The van der Waals surface area contributed by atoms with E-state index >= 15 is 0 Å². The number of thioether (sulfide) groups is 1. The van der Waals surface area contributed by atoms with Crippen LogP contribution in [0.1, 0.15) is 59.3 Å². The molecule has 4 rings (SSSR count). The molecule has 8 nitrogen and oxygen atoms in total.